The zero-order valence-corrected chi connectivity index (χ0v) is 14.8. The van der Waals surface area contributed by atoms with Crippen LogP contribution in [0.3, 0.4) is 0 Å². The van der Waals surface area contributed by atoms with E-state index in [1.807, 2.05) is 17.5 Å². The Morgan fingerprint density at radius 3 is 2.80 bits per heavy atom. The van der Waals surface area contributed by atoms with E-state index in [1.54, 1.807) is 24.5 Å². The number of rotatable bonds is 3. The van der Waals surface area contributed by atoms with Crippen LogP contribution in [0.4, 0.5) is 6.01 Å². The Bertz CT molecular complexity index is 893. The Morgan fingerprint density at radius 2 is 2.12 bits per heavy atom. The number of aliphatic hydroxyl groups excluding tert-OH is 1. The van der Waals surface area contributed by atoms with Gasteiger partial charge in [-0.05, 0) is 37.5 Å². The lowest BCUT2D eigenvalue weighted by Gasteiger charge is -2.31. The van der Waals surface area contributed by atoms with E-state index in [4.69, 9.17) is 9.40 Å². The van der Waals surface area contributed by atoms with Crippen LogP contribution >= 0.6 is 11.3 Å². The van der Waals surface area contributed by atoms with Crippen molar-refractivity contribution in [1.29, 1.82) is 0 Å². The van der Waals surface area contributed by atoms with E-state index in [0.717, 1.165) is 40.3 Å². The Hall–Kier alpha value is -1.96. The first-order valence-corrected chi connectivity index (χ1v) is 9.59. The zero-order valence-electron chi connectivity index (χ0n) is 14.0. The number of nitrogens with zero attached hydrogens (tertiary/aromatic N) is 3. The molecule has 0 spiro atoms. The van der Waals surface area contributed by atoms with E-state index >= 15 is 0 Å². The molecule has 5 rings (SSSR count). The van der Waals surface area contributed by atoms with Gasteiger partial charge in [-0.3, -0.25) is 0 Å². The summed E-state index contributed by atoms with van der Waals surface area (Å²) in [5.41, 5.74) is 3.27. The van der Waals surface area contributed by atoms with Crippen LogP contribution in [0, 0.1) is 0 Å². The molecule has 2 saturated heterocycles. The van der Waals surface area contributed by atoms with Crippen LogP contribution in [0.15, 0.2) is 28.1 Å². The highest BCUT2D eigenvalue weighted by atomic mass is 32.1. The molecule has 2 aliphatic rings. The molecule has 2 aromatic heterocycles. The number of aromatic nitrogens is 2. The SMILES string of the molecule is CC(O)c1cc(-c2nccs2)c2oc(N3CC4CCC(C3)N4)nc2c1. The molecule has 2 fully saturated rings. The molecule has 1 aromatic carbocycles. The van der Waals surface area contributed by atoms with Gasteiger partial charge in [0.05, 0.1) is 11.7 Å². The largest absolute Gasteiger partial charge is 0.423 e. The lowest BCUT2D eigenvalue weighted by molar-refractivity contribution is 0.199. The van der Waals surface area contributed by atoms with Crippen LogP contribution in [-0.4, -0.2) is 40.2 Å². The quantitative estimate of drug-likeness (QED) is 0.752. The maximum absolute atomic E-state index is 10.0. The van der Waals surface area contributed by atoms with Gasteiger partial charge in [0, 0.05) is 36.8 Å². The highest BCUT2D eigenvalue weighted by molar-refractivity contribution is 7.13. The van der Waals surface area contributed by atoms with Gasteiger partial charge in [-0.1, -0.05) is 0 Å². The number of oxazole rings is 1. The normalized spacial score (nSPS) is 24.2. The molecule has 0 aliphatic carbocycles. The van der Waals surface area contributed by atoms with Crippen LogP contribution < -0.4 is 10.2 Å². The molecule has 3 unspecified atom stereocenters. The van der Waals surface area contributed by atoms with E-state index in [9.17, 15) is 5.11 Å². The van der Waals surface area contributed by atoms with Crippen molar-refractivity contribution in [3.63, 3.8) is 0 Å². The molecular formula is C18H20N4O2S. The standard InChI is InChI=1S/C18H20N4O2S/c1-10(23)11-6-14(17-19-4-5-25-17)16-15(7-11)21-18(24-16)22-8-12-2-3-13(9-22)20-12/h4-7,10,12-13,20,23H,2-3,8-9H2,1H3. The third-order valence-corrected chi connectivity index (χ3v) is 5.94. The molecule has 2 aliphatic heterocycles. The average molecular weight is 356 g/mol. The van der Waals surface area contributed by atoms with Crippen molar-refractivity contribution in [1.82, 2.24) is 15.3 Å². The van der Waals surface area contributed by atoms with Gasteiger partial charge in [0.2, 0.25) is 0 Å². The highest BCUT2D eigenvalue weighted by Gasteiger charge is 2.34. The average Bonchev–Trinajstić information content (AvgIpc) is 3.33. The topological polar surface area (TPSA) is 74.4 Å². The first-order chi connectivity index (χ1) is 12.2. The third-order valence-electron chi connectivity index (χ3n) is 5.13. The molecule has 6 nitrogen and oxygen atoms in total. The van der Waals surface area contributed by atoms with Crippen molar-refractivity contribution in [3.8, 4) is 10.6 Å². The minimum Gasteiger partial charge on any atom is -0.423 e. The molecule has 2 bridgehead atoms. The minimum atomic E-state index is -0.557. The number of fused-ring (bicyclic) bond motifs is 3. The van der Waals surface area contributed by atoms with Crippen LogP contribution in [0.2, 0.25) is 0 Å². The maximum Gasteiger partial charge on any atom is 0.298 e. The predicted octanol–water partition coefficient (Wildman–Crippen LogP) is 2.95. The first-order valence-electron chi connectivity index (χ1n) is 8.71. The lowest BCUT2D eigenvalue weighted by atomic mass is 10.1. The molecule has 0 amide bonds. The molecule has 3 atom stereocenters. The summed E-state index contributed by atoms with van der Waals surface area (Å²) in [5.74, 6) is 0. The van der Waals surface area contributed by atoms with Crippen molar-refractivity contribution in [3.05, 3.63) is 29.3 Å². The summed E-state index contributed by atoms with van der Waals surface area (Å²) in [6.45, 7) is 3.63. The van der Waals surface area contributed by atoms with Crippen LogP contribution in [0.5, 0.6) is 0 Å². The number of nitrogens with one attached hydrogen (secondary N) is 1. The first kappa shape index (κ1) is 15.3. The lowest BCUT2D eigenvalue weighted by Crippen LogP contribution is -2.51. The van der Waals surface area contributed by atoms with E-state index in [1.165, 1.54) is 12.8 Å². The fourth-order valence-corrected chi connectivity index (χ4v) is 4.54. The van der Waals surface area contributed by atoms with Crippen molar-refractivity contribution < 1.29 is 9.52 Å². The molecule has 25 heavy (non-hydrogen) atoms. The summed E-state index contributed by atoms with van der Waals surface area (Å²) < 4.78 is 6.19. The number of piperazine rings is 1. The van der Waals surface area contributed by atoms with Gasteiger partial charge in [0.25, 0.3) is 6.01 Å². The van der Waals surface area contributed by atoms with Gasteiger partial charge in [-0.15, -0.1) is 11.3 Å². The van der Waals surface area contributed by atoms with Gasteiger partial charge in [0.15, 0.2) is 5.58 Å². The molecule has 4 heterocycles. The molecular weight excluding hydrogens is 336 g/mol. The molecule has 2 N–H and O–H groups in total. The maximum atomic E-state index is 10.0. The zero-order chi connectivity index (χ0) is 17.0. The van der Waals surface area contributed by atoms with Crippen molar-refractivity contribution in [2.45, 2.75) is 38.0 Å². The summed E-state index contributed by atoms with van der Waals surface area (Å²) in [5, 5.41) is 16.5. The second kappa shape index (κ2) is 5.79. The van der Waals surface area contributed by atoms with Gasteiger partial charge < -0.3 is 19.7 Å². The Morgan fingerprint density at radius 1 is 1.32 bits per heavy atom. The summed E-state index contributed by atoms with van der Waals surface area (Å²) >= 11 is 1.56. The number of anilines is 1. The van der Waals surface area contributed by atoms with E-state index in [-0.39, 0.29) is 0 Å². The second-order valence-corrected chi connectivity index (χ2v) is 7.86. The fraction of sp³-hybridized carbons (Fsp3) is 0.444. The summed E-state index contributed by atoms with van der Waals surface area (Å²) in [4.78, 5) is 11.4. The van der Waals surface area contributed by atoms with Crippen molar-refractivity contribution in [2.24, 2.45) is 0 Å². The third kappa shape index (κ3) is 2.63. The molecule has 130 valence electrons. The summed E-state index contributed by atoms with van der Waals surface area (Å²) in [7, 11) is 0. The number of thiazole rings is 1. The van der Waals surface area contributed by atoms with Crippen LogP contribution in [0.25, 0.3) is 21.7 Å². The van der Waals surface area contributed by atoms with Crippen molar-refractivity contribution >= 4 is 28.5 Å². The number of benzene rings is 1. The molecule has 3 aromatic rings. The summed E-state index contributed by atoms with van der Waals surface area (Å²) in [6, 6.07) is 5.61. The summed E-state index contributed by atoms with van der Waals surface area (Å²) in [6.07, 6.45) is 3.67. The number of aliphatic hydroxyl groups is 1. The van der Waals surface area contributed by atoms with E-state index in [2.05, 4.69) is 15.2 Å². The Labute approximate surface area is 149 Å². The Kier molecular flexibility index (Phi) is 3.55. The van der Waals surface area contributed by atoms with Gasteiger partial charge in [0.1, 0.15) is 10.5 Å². The van der Waals surface area contributed by atoms with Gasteiger partial charge in [-0.25, -0.2) is 4.98 Å². The molecule has 0 radical (unpaired) electrons. The van der Waals surface area contributed by atoms with Crippen LogP contribution in [-0.2, 0) is 0 Å². The van der Waals surface area contributed by atoms with E-state index in [0.29, 0.717) is 18.1 Å². The predicted molar refractivity (Wildman–Crippen MR) is 97.9 cm³/mol. The van der Waals surface area contributed by atoms with Crippen molar-refractivity contribution in [2.75, 3.05) is 18.0 Å². The number of hydrogen-bond acceptors (Lipinski definition) is 7. The smallest absolute Gasteiger partial charge is 0.298 e. The van der Waals surface area contributed by atoms with E-state index < -0.39 is 6.10 Å². The second-order valence-electron chi connectivity index (χ2n) is 6.97. The molecule has 0 saturated carbocycles. The highest BCUT2D eigenvalue weighted by Crippen LogP contribution is 2.36. The minimum absolute atomic E-state index is 0.528. The van der Waals surface area contributed by atoms with Gasteiger partial charge >= 0.3 is 0 Å². The molecule has 7 heteroatoms. The Balaban J connectivity index is 1.62. The number of hydrogen-bond donors (Lipinski definition) is 2. The van der Waals surface area contributed by atoms with Gasteiger partial charge in [-0.2, -0.15) is 4.98 Å². The fourth-order valence-electron chi connectivity index (χ4n) is 3.89. The monoisotopic (exact) mass is 356 g/mol. The van der Waals surface area contributed by atoms with Crippen LogP contribution in [0.1, 0.15) is 31.4 Å².